The summed E-state index contributed by atoms with van der Waals surface area (Å²) in [5, 5.41) is 0. The van der Waals surface area contributed by atoms with Gasteiger partial charge in [0, 0.05) is 11.4 Å². The standard InChI is InChI=1S/C22H32N2O2/c1-2-3-4-5-18(14-16-25-21-10-6-19(23)7-11-21)15-17-26-22-12-8-20(24)9-13-22/h6-13,18H,2-5,14-17,23-24H2,1H3. The zero-order chi connectivity index (χ0) is 18.6. The maximum Gasteiger partial charge on any atom is 0.119 e. The summed E-state index contributed by atoms with van der Waals surface area (Å²) in [4.78, 5) is 0. The molecule has 2 rings (SSSR count). The number of hydrogen-bond acceptors (Lipinski definition) is 4. The van der Waals surface area contributed by atoms with Crippen molar-refractivity contribution in [1.82, 2.24) is 0 Å². The SMILES string of the molecule is CCCCCC(CCOc1ccc(N)cc1)CCOc1ccc(N)cc1. The van der Waals surface area contributed by atoms with E-state index < -0.39 is 0 Å². The lowest BCUT2D eigenvalue weighted by atomic mass is 9.95. The number of benzene rings is 2. The summed E-state index contributed by atoms with van der Waals surface area (Å²) >= 11 is 0. The van der Waals surface area contributed by atoms with E-state index in [4.69, 9.17) is 20.9 Å². The van der Waals surface area contributed by atoms with E-state index in [0.29, 0.717) is 5.92 Å². The van der Waals surface area contributed by atoms with Gasteiger partial charge in [-0.15, -0.1) is 0 Å². The third kappa shape index (κ3) is 7.68. The molecule has 0 atom stereocenters. The topological polar surface area (TPSA) is 70.5 Å². The largest absolute Gasteiger partial charge is 0.494 e. The Bertz CT molecular complexity index is 560. The van der Waals surface area contributed by atoms with Crippen molar-refractivity contribution < 1.29 is 9.47 Å². The fourth-order valence-corrected chi connectivity index (χ4v) is 2.93. The Kier molecular flexibility index (Phi) is 8.67. The lowest BCUT2D eigenvalue weighted by Gasteiger charge is -2.18. The second-order valence-corrected chi connectivity index (χ2v) is 6.77. The first-order valence-electron chi connectivity index (χ1n) is 9.64. The Morgan fingerprint density at radius 3 is 1.58 bits per heavy atom. The molecule has 0 aromatic heterocycles. The van der Waals surface area contributed by atoms with Gasteiger partial charge in [0.2, 0.25) is 0 Å². The Morgan fingerprint density at radius 1 is 0.692 bits per heavy atom. The molecule has 0 aliphatic rings. The van der Waals surface area contributed by atoms with E-state index in [-0.39, 0.29) is 0 Å². The van der Waals surface area contributed by atoms with Gasteiger partial charge in [0.25, 0.3) is 0 Å². The highest BCUT2D eigenvalue weighted by Crippen LogP contribution is 2.21. The summed E-state index contributed by atoms with van der Waals surface area (Å²) < 4.78 is 11.7. The van der Waals surface area contributed by atoms with Crippen molar-refractivity contribution in [3.05, 3.63) is 48.5 Å². The Balaban J connectivity index is 1.74. The van der Waals surface area contributed by atoms with Gasteiger partial charge in [0.1, 0.15) is 11.5 Å². The van der Waals surface area contributed by atoms with Crippen LogP contribution in [-0.2, 0) is 0 Å². The van der Waals surface area contributed by atoms with E-state index in [9.17, 15) is 0 Å². The van der Waals surface area contributed by atoms with Crippen molar-refractivity contribution in [2.75, 3.05) is 24.7 Å². The van der Waals surface area contributed by atoms with E-state index in [1.165, 1.54) is 25.7 Å². The highest BCUT2D eigenvalue weighted by Gasteiger charge is 2.10. The third-order valence-corrected chi connectivity index (χ3v) is 4.57. The number of unbranched alkanes of at least 4 members (excludes halogenated alkanes) is 2. The minimum Gasteiger partial charge on any atom is -0.494 e. The van der Waals surface area contributed by atoms with Crippen LogP contribution in [0.1, 0.15) is 45.4 Å². The minimum absolute atomic E-state index is 0.615. The van der Waals surface area contributed by atoms with Crippen LogP contribution in [0, 0.1) is 5.92 Å². The number of nitrogen functional groups attached to an aromatic ring is 2. The molecular formula is C22H32N2O2. The molecule has 26 heavy (non-hydrogen) atoms. The van der Waals surface area contributed by atoms with Gasteiger partial charge in [0.05, 0.1) is 13.2 Å². The van der Waals surface area contributed by atoms with E-state index in [1.54, 1.807) is 0 Å². The van der Waals surface area contributed by atoms with Crippen molar-refractivity contribution >= 4 is 11.4 Å². The van der Waals surface area contributed by atoms with Gasteiger partial charge < -0.3 is 20.9 Å². The third-order valence-electron chi connectivity index (χ3n) is 4.57. The molecule has 0 saturated carbocycles. The van der Waals surface area contributed by atoms with E-state index in [1.807, 2.05) is 48.5 Å². The summed E-state index contributed by atoms with van der Waals surface area (Å²) in [5.41, 5.74) is 12.9. The summed E-state index contributed by atoms with van der Waals surface area (Å²) in [6, 6.07) is 15.2. The molecule has 0 unspecified atom stereocenters. The molecule has 0 spiro atoms. The lowest BCUT2D eigenvalue weighted by molar-refractivity contribution is 0.227. The highest BCUT2D eigenvalue weighted by molar-refractivity contribution is 5.42. The normalized spacial score (nSPS) is 10.8. The molecule has 4 heteroatoms. The second kappa shape index (κ2) is 11.3. The predicted molar refractivity (Wildman–Crippen MR) is 110 cm³/mol. The molecule has 0 heterocycles. The van der Waals surface area contributed by atoms with Crippen molar-refractivity contribution in [2.45, 2.75) is 45.4 Å². The zero-order valence-electron chi connectivity index (χ0n) is 15.8. The van der Waals surface area contributed by atoms with Crippen molar-refractivity contribution in [2.24, 2.45) is 5.92 Å². The van der Waals surface area contributed by atoms with Gasteiger partial charge in [-0.3, -0.25) is 0 Å². The maximum atomic E-state index is 5.87. The molecular weight excluding hydrogens is 324 g/mol. The predicted octanol–water partition coefficient (Wildman–Crippen LogP) is 5.29. The Hall–Kier alpha value is -2.36. The number of ether oxygens (including phenoxy) is 2. The Labute approximate surface area is 157 Å². The van der Waals surface area contributed by atoms with Gasteiger partial charge in [-0.25, -0.2) is 0 Å². The van der Waals surface area contributed by atoms with Gasteiger partial charge >= 0.3 is 0 Å². The highest BCUT2D eigenvalue weighted by atomic mass is 16.5. The molecule has 0 aliphatic heterocycles. The average molecular weight is 357 g/mol. The Morgan fingerprint density at radius 2 is 1.15 bits per heavy atom. The molecule has 0 bridgehead atoms. The number of nitrogens with two attached hydrogens (primary N) is 2. The molecule has 2 aromatic carbocycles. The van der Waals surface area contributed by atoms with Crippen LogP contribution in [0.25, 0.3) is 0 Å². The first kappa shape index (κ1) is 20.0. The van der Waals surface area contributed by atoms with Crippen LogP contribution in [0.5, 0.6) is 11.5 Å². The van der Waals surface area contributed by atoms with E-state index in [0.717, 1.165) is 48.9 Å². The average Bonchev–Trinajstić information content (AvgIpc) is 2.65. The monoisotopic (exact) mass is 356 g/mol. The number of hydrogen-bond donors (Lipinski definition) is 2. The second-order valence-electron chi connectivity index (χ2n) is 6.77. The molecule has 142 valence electrons. The van der Waals surface area contributed by atoms with Crippen LogP contribution < -0.4 is 20.9 Å². The summed E-state index contributed by atoms with van der Waals surface area (Å²) in [6.07, 6.45) is 7.11. The van der Waals surface area contributed by atoms with E-state index >= 15 is 0 Å². The summed E-state index contributed by atoms with van der Waals surface area (Å²) in [7, 11) is 0. The van der Waals surface area contributed by atoms with Gasteiger partial charge in [-0.1, -0.05) is 32.6 Å². The lowest BCUT2D eigenvalue weighted by Crippen LogP contribution is -2.12. The molecule has 0 radical (unpaired) electrons. The minimum atomic E-state index is 0.615. The van der Waals surface area contributed by atoms with Crippen LogP contribution in [0.15, 0.2) is 48.5 Å². The van der Waals surface area contributed by atoms with Crippen LogP contribution in [0.4, 0.5) is 11.4 Å². The van der Waals surface area contributed by atoms with Crippen LogP contribution in [0.2, 0.25) is 0 Å². The summed E-state index contributed by atoms with van der Waals surface area (Å²) in [6.45, 7) is 3.69. The van der Waals surface area contributed by atoms with Crippen LogP contribution in [-0.4, -0.2) is 13.2 Å². The number of anilines is 2. The molecule has 4 nitrogen and oxygen atoms in total. The first-order chi connectivity index (χ1) is 12.7. The van der Waals surface area contributed by atoms with Crippen molar-refractivity contribution in [3.63, 3.8) is 0 Å². The first-order valence-corrected chi connectivity index (χ1v) is 9.64. The van der Waals surface area contributed by atoms with Gasteiger partial charge in [-0.2, -0.15) is 0 Å². The van der Waals surface area contributed by atoms with Gasteiger partial charge in [0.15, 0.2) is 0 Å². The molecule has 0 fully saturated rings. The fourth-order valence-electron chi connectivity index (χ4n) is 2.93. The zero-order valence-corrected chi connectivity index (χ0v) is 15.8. The fraction of sp³-hybridized carbons (Fsp3) is 0.455. The summed E-state index contributed by atoms with van der Waals surface area (Å²) in [5.74, 6) is 2.37. The van der Waals surface area contributed by atoms with Gasteiger partial charge in [-0.05, 0) is 67.3 Å². The molecule has 2 aromatic rings. The van der Waals surface area contributed by atoms with Crippen molar-refractivity contribution in [1.29, 1.82) is 0 Å². The smallest absolute Gasteiger partial charge is 0.119 e. The molecule has 0 aliphatic carbocycles. The molecule has 0 amide bonds. The maximum absolute atomic E-state index is 5.87. The van der Waals surface area contributed by atoms with Crippen LogP contribution >= 0.6 is 0 Å². The number of rotatable bonds is 12. The quantitative estimate of drug-likeness (QED) is 0.401. The molecule has 4 N–H and O–H groups in total. The van der Waals surface area contributed by atoms with Crippen molar-refractivity contribution in [3.8, 4) is 11.5 Å². The van der Waals surface area contributed by atoms with E-state index in [2.05, 4.69) is 6.92 Å². The molecule has 0 saturated heterocycles. The van der Waals surface area contributed by atoms with Crippen LogP contribution in [0.3, 0.4) is 0 Å².